The smallest absolute Gasteiger partial charge is 0.161 e. The molecule has 0 radical (unpaired) electrons. The molecule has 3 heterocycles. The number of furan rings is 1. The van der Waals surface area contributed by atoms with Gasteiger partial charge in [-0.05, 0) is 24.3 Å². The maximum Gasteiger partial charge on any atom is 0.161 e. The fourth-order valence-corrected chi connectivity index (χ4v) is 1.93. The highest BCUT2D eigenvalue weighted by Crippen LogP contribution is 2.14. The van der Waals surface area contributed by atoms with Crippen molar-refractivity contribution in [2.45, 2.75) is 6.42 Å². The molecule has 0 unspecified atom stereocenters. The lowest BCUT2D eigenvalue weighted by Crippen LogP contribution is -1.94. The van der Waals surface area contributed by atoms with Crippen molar-refractivity contribution in [3.63, 3.8) is 0 Å². The van der Waals surface area contributed by atoms with Crippen molar-refractivity contribution in [3.05, 3.63) is 52.8 Å². The second-order valence-electron chi connectivity index (χ2n) is 3.45. The molecule has 0 saturated heterocycles. The predicted molar refractivity (Wildman–Crippen MR) is 62.2 cm³/mol. The molecule has 4 nitrogen and oxygen atoms in total. The lowest BCUT2D eigenvalue weighted by Gasteiger charge is -1.97. The van der Waals surface area contributed by atoms with Gasteiger partial charge in [0.2, 0.25) is 0 Å². The Morgan fingerprint density at radius 2 is 2.25 bits per heavy atom. The summed E-state index contributed by atoms with van der Waals surface area (Å²) < 4.78 is 8.24. The molecule has 0 spiro atoms. The first kappa shape index (κ1) is 9.59. The van der Waals surface area contributed by atoms with E-state index in [1.165, 1.54) is 0 Å². The van der Waals surface area contributed by atoms with Gasteiger partial charge in [-0.3, -0.25) is 4.40 Å². The first-order valence-electron chi connectivity index (χ1n) is 4.84. The van der Waals surface area contributed by atoms with Crippen LogP contribution in [-0.2, 0) is 6.42 Å². The summed E-state index contributed by atoms with van der Waals surface area (Å²) in [5.74, 6) is 1.76. The molecule has 0 aliphatic rings. The number of rotatable bonds is 2. The number of hydrogen-bond donors (Lipinski definition) is 0. The van der Waals surface area contributed by atoms with Crippen LogP contribution in [0.4, 0.5) is 0 Å². The van der Waals surface area contributed by atoms with Crippen LogP contribution < -0.4 is 0 Å². The fourth-order valence-electron chi connectivity index (χ4n) is 1.61. The zero-order valence-corrected chi connectivity index (χ0v) is 9.89. The second kappa shape index (κ2) is 3.75. The fraction of sp³-hybridized carbons (Fsp3) is 0.0909. The lowest BCUT2D eigenvalue weighted by atomic mass is 10.3. The summed E-state index contributed by atoms with van der Waals surface area (Å²) in [5.41, 5.74) is 0.830. The molecular formula is C11H8BrN3O. The molecule has 0 aromatic carbocycles. The van der Waals surface area contributed by atoms with Crippen molar-refractivity contribution in [3.8, 4) is 0 Å². The van der Waals surface area contributed by atoms with Gasteiger partial charge < -0.3 is 4.42 Å². The number of hydrogen-bond acceptors (Lipinski definition) is 3. The van der Waals surface area contributed by atoms with E-state index in [0.29, 0.717) is 6.42 Å². The first-order chi connectivity index (χ1) is 7.83. The SMILES string of the molecule is Brc1ccn2c(Cc3ccco3)nnc2c1. The van der Waals surface area contributed by atoms with Crippen LogP contribution in [0.15, 0.2) is 45.6 Å². The summed E-state index contributed by atoms with van der Waals surface area (Å²) in [4.78, 5) is 0. The summed E-state index contributed by atoms with van der Waals surface area (Å²) in [6.45, 7) is 0. The van der Waals surface area contributed by atoms with Crippen LogP contribution in [0.3, 0.4) is 0 Å². The van der Waals surface area contributed by atoms with Crippen LogP contribution in [0.1, 0.15) is 11.6 Å². The maximum atomic E-state index is 5.29. The highest BCUT2D eigenvalue weighted by molar-refractivity contribution is 9.10. The minimum absolute atomic E-state index is 0.649. The number of pyridine rings is 1. The molecular weight excluding hydrogens is 270 g/mol. The van der Waals surface area contributed by atoms with Gasteiger partial charge in [0.05, 0.1) is 12.7 Å². The third kappa shape index (κ3) is 1.63. The first-order valence-corrected chi connectivity index (χ1v) is 5.64. The Labute approximate surface area is 100 Å². The third-order valence-corrected chi connectivity index (χ3v) is 2.85. The summed E-state index contributed by atoms with van der Waals surface area (Å²) >= 11 is 3.40. The van der Waals surface area contributed by atoms with Gasteiger partial charge in [0.15, 0.2) is 5.65 Å². The molecule has 0 bridgehead atoms. The van der Waals surface area contributed by atoms with Crippen molar-refractivity contribution in [2.24, 2.45) is 0 Å². The van der Waals surface area contributed by atoms with E-state index < -0.39 is 0 Å². The standard InChI is InChI=1S/C11H8BrN3O/c12-8-3-4-15-10(6-8)13-14-11(15)7-9-2-1-5-16-9/h1-6H,7H2. The normalized spacial score (nSPS) is 11.1. The topological polar surface area (TPSA) is 43.3 Å². The van der Waals surface area contributed by atoms with Crippen molar-refractivity contribution in [1.29, 1.82) is 0 Å². The molecule has 0 atom stereocenters. The van der Waals surface area contributed by atoms with Crippen LogP contribution >= 0.6 is 15.9 Å². The van der Waals surface area contributed by atoms with E-state index >= 15 is 0 Å². The quantitative estimate of drug-likeness (QED) is 0.723. The summed E-state index contributed by atoms with van der Waals surface area (Å²) in [6, 6.07) is 7.69. The van der Waals surface area contributed by atoms with Crippen LogP contribution in [-0.4, -0.2) is 14.6 Å². The van der Waals surface area contributed by atoms with E-state index in [-0.39, 0.29) is 0 Å². The summed E-state index contributed by atoms with van der Waals surface area (Å²) in [7, 11) is 0. The third-order valence-electron chi connectivity index (χ3n) is 2.36. The molecule has 3 aromatic rings. The Kier molecular flexibility index (Phi) is 2.25. The Morgan fingerprint density at radius 1 is 1.31 bits per heavy atom. The number of fused-ring (bicyclic) bond motifs is 1. The van der Waals surface area contributed by atoms with Crippen LogP contribution in [0, 0.1) is 0 Å². The summed E-state index contributed by atoms with van der Waals surface area (Å²) in [5, 5.41) is 8.24. The molecule has 0 fully saturated rings. The van der Waals surface area contributed by atoms with E-state index in [0.717, 1.165) is 21.7 Å². The minimum atomic E-state index is 0.649. The van der Waals surface area contributed by atoms with E-state index in [1.807, 2.05) is 34.9 Å². The van der Waals surface area contributed by atoms with Gasteiger partial charge in [0.25, 0.3) is 0 Å². The molecule has 0 saturated carbocycles. The van der Waals surface area contributed by atoms with E-state index in [9.17, 15) is 0 Å². The molecule has 16 heavy (non-hydrogen) atoms. The molecule has 5 heteroatoms. The Morgan fingerprint density at radius 3 is 3.06 bits per heavy atom. The molecule has 0 aliphatic heterocycles. The number of nitrogens with zero attached hydrogens (tertiary/aromatic N) is 3. The maximum absolute atomic E-state index is 5.29. The molecule has 80 valence electrons. The van der Waals surface area contributed by atoms with Gasteiger partial charge in [-0.25, -0.2) is 0 Å². The molecule has 3 aromatic heterocycles. The Balaban J connectivity index is 2.04. The van der Waals surface area contributed by atoms with Crippen molar-refractivity contribution < 1.29 is 4.42 Å². The summed E-state index contributed by atoms with van der Waals surface area (Å²) in [6.07, 6.45) is 4.25. The van der Waals surface area contributed by atoms with E-state index in [2.05, 4.69) is 26.1 Å². The van der Waals surface area contributed by atoms with Gasteiger partial charge in [-0.1, -0.05) is 15.9 Å². The average molecular weight is 278 g/mol. The van der Waals surface area contributed by atoms with Gasteiger partial charge >= 0.3 is 0 Å². The van der Waals surface area contributed by atoms with Gasteiger partial charge in [0, 0.05) is 10.7 Å². The minimum Gasteiger partial charge on any atom is -0.469 e. The zero-order chi connectivity index (χ0) is 11.0. The van der Waals surface area contributed by atoms with Gasteiger partial charge in [0.1, 0.15) is 11.6 Å². The van der Waals surface area contributed by atoms with Gasteiger partial charge in [-0.2, -0.15) is 0 Å². The van der Waals surface area contributed by atoms with E-state index in [4.69, 9.17) is 4.42 Å². The predicted octanol–water partition coefficient (Wildman–Crippen LogP) is 2.68. The van der Waals surface area contributed by atoms with Crippen molar-refractivity contribution in [1.82, 2.24) is 14.6 Å². The Hall–Kier alpha value is -1.62. The molecule has 0 N–H and O–H groups in total. The average Bonchev–Trinajstić information content (AvgIpc) is 2.89. The van der Waals surface area contributed by atoms with Crippen LogP contribution in [0.25, 0.3) is 5.65 Å². The molecule has 3 rings (SSSR count). The van der Waals surface area contributed by atoms with E-state index in [1.54, 1.807) is 6.26 Å². The van der Waals surface area contributed by atoms with Crippen LogP contribution in [0.5, 0.6) is 0 Å². The van der Waals surface area contributed by atoms with Gasteiger partial charge in [-0.15, -0.1) is 10.2 Å². The second-order valence-corrected chi connectivity index (χ2v) is 4.36. The highest BCUT2D eigenvalue weighted by Gasteiger charge is 2.07. The van der Waals surface area contributed by atoms with Crippen molar-refractivity contribution in [2.75, 3.05) is 0 Å². The lowest BCUT2D eigenvalue weighted by molar-refractivity contribution is 0.516. The van der Waals surface area contributed by atoms with Crippen LogP contribution in [0.2, 0.25) is 0 Å². The zero-order valence-electron chi connectivity index (χ0n) is 8.30. The molecule has 0 aliphatic carbocycles. The number of halogens is 1. The van der Waals surface area contributed by atoms with Crippen molar-refractivity contribution >= 4 is 21.6 Å². The number of aromatic nitrogens is 3. The Bertz CT molecular complexity index is 615. The molecule has 0 amide bonds. The highest BCUT2D eigenvalue weighted by atomic mass is 79.9. The largest absolute Gasteiger partial charge is 0.469 e. The monoisotopic (exact) mass is 277 g/mol.